The Balaban J connectivity index is 1.20. The summed E-state index contributed by atoms with van der Waals surface area (Å²) in [5, 5.41) is 15.3. The fourth-order valence-electron chi connectivity index (χ4n) is 5.78. The summed E-state index contributed by atoms with van der Waals surface area (Å²) in [6.07, 6.45) is 3.04. The third-order valence-electron chi connectivity index (χ3n) is 7.77. The van der Waals surface area contributed by atoms with Crippen molar-refractivity contribution in [1.82, 2.24) is 20.0 Å². The molecule has 38 heavy (non-hydrogen) atoms. The highest BCUT2D eigenvalue weighted by Gasteiger charge is 2.37. The van der Waals surface area contributed by atoms with Crippen LogP contribution in [0.25, 0.3) is 0 Å². The summed E-state index contributed by atoms with van der Waals surface area (Å²) >= 11 is 0. The Labute approximate surface area is 221 Å². The Bertz CT molecular complexity index is 1200. The van der Waals surface area contributed by atoms with Crippen LogP contribution in [0.1, 0.15) is 49.3 Å². The van der Waals surface area contributed by atoms with E-state index in [9.17, 15) is 24.3 Å². The molecule has 3 aliphatic heterocycles. The van der Waals surface area contributed by atoms with Crippen molar-refractivity contribution in [3.63, 3.8) is 0 Å². The highest BCUT2D eigenvalue weighted by Crippen LogP contribution is 2.31. The fourth-order valence-corrected chi connectivity index (χ4v) is 5.78. The third-order valence-corrected chi connectivity index (χ3v) is 7.77. The number of nitrogens with zero attached hydrogens (tertiary/aromatic N) is 3. The van der Waals surface area contributed by atoms with E-state index in [1.807, 2.05) is 59.5 Å². The van der Waals surface area contributed by atoms with Gasteiger partial charge < -0.3 is 30.4 Å². The van der Waals surface area contributed by atoms with Gasteiger partial charge in [-0.1, -0.05) is 48.5 Å². The van der Waals surface area contributed by atoms with Gasteiger partial charge in [0.1, 0.15) is 12.6 Å². The summed E-state index contributed by atoms with van der Waals surface area (Å²) in [5.41, 5.74) is 2.80. The van der Waals surface area contributed by atoms with Crippen LogP contribution in [0.5, 0.6) is 0 Å². The number of aliphatic carboxylic acids is 1. The molecule has 0 aromatic heterocycles. The molecule has 0 radical (unpaired) electrons. The second-order valence-electron chi connectivity index (χ2n) is 10.2. The molecule has 2 aromatic carbocycles. The van der Waals surface area contributed by atoms with Crippen molar-refractivity contribution < 1.29 is 24.3 Å². The van der Waals surface area contributed by atoms with Crippen molar-refractivity contribution in [3.8, 4) is 0 Å². The van der Waals surface area contributed by atoms with Crippen molar-refractivity contribution in [2.75, 3.05) is 25.0 Å². The van der Waals surface area contributed by atoms with Gasteiger partial charge in [0.2, 0.25) is 5.91 Å². The van der Waals surface area contributed by atoms with E-state index in [4.69, 9.17) is 0 Å². The molecule has 3 N–H and O–H groups in total. The van der Waals surface area contributed by atoms with Gasteiger partial charge in [-0.05, 0) is 49.3 Å². The predicted molar refractivity (Wildman–Crippen MR) is 140 cm³/mol. The number of rotatable bonds is 5. The second kappa shape index (κ2) is 11.1. The number of hydrogen-bond donors (Lipinski definition) is 3. The highest BCUT2D eigenvalue weighted by molar-refractivity contribution is 5.92. The van der Waals surface area contributed by atoms with Crippen LogP contribution in [0.2, 0.25) is 0 Å². The van der Waals surface area contributed by atoms with Gasteiger partial charge in [-0.25, -0.2) is 9.59 Å². The number of hydrogen-bond acceptors (Lipinski definition) is 4. The van der Waals surface area contributed by atoms with Gasteiger partial charge in [-0.2, -0.15) is 0 Å². The summed E-state index contributed by atoms with van der Waals surface area (Å²) < 4.78 is 0. The number of benzene rings is 2. The van der Waals surface area contributed by atoms with E-state index in [0.29, 0.717) is 51.7 Å². The van der Waals surface area contributed by atoms with Crippen LogP contribution in [0.15, 0.2) is 54.6 Å². The first kappa shape index (κ1) is 25.6. The molecule has 0 bridgehead atoms. The summed E-state index contributed by atoms with van der Waals surface area (Å²) in [7, 11) is 0. The van der Waals surface area contributed by atoms with Crippen LogP contribution in [0.4, 0.5) is 15.3 Å². The molecule has 10 heteroatoms. The maximum absolute atomic E-state index is 13.5. The minimum atomic E-state index is -1.09. The average Bonchev–Trinajstić information content (AvgIpc) is 3.07. The van der Waals surface area contributed by atoms with Crippen LogP contribution >= 0.6 is 0 Å². The van der Waals surface area contributed by atoms with Gasteiger partial charge in [0.05, 0.1) is 6.04 Å². The van der Waals surface area contributed by atoms with Crippen LogP contribution in [0.3, 0.4) is 0 Å². The van der Waals surface area contributed by atoms with Gasteiger partial charge in [0, 0.05) is 31.4 Å². The van der Waals surface area contributed by atoms with Crippen LogP contribution in [-0.4, -0.2) is 75.5 Å². The van der Waals surface area contributed by atoms with E-state index in [2.05, 4.69) is 10.6 Å². The number of para-hydroxylation sites is 1. The zero-order valence-corrected chi connectivity index (χ0v) is 21.2. The lowest BCUT2D eigenvalue weighted by Crippen LogP contribution is -2.56. The fraction of sp³-hybridized carbons (Fsp3) is 0.429. The van der Waals surface area contributed by atoms with E-state index in [0.717, 1.165) is 16.8 Å². The minimum absolute atomic E-state index is 0.0182. The summed E-state index contributed by atoms with van der Waals surface area (Å²) in [4.78, 5) is 55.8. The molecular formula is C28H33N5O5. The second-order valence-corrected chi connectivity index (χ2v) is 10.2. The molecule has 2 fully saturated rings. The quantitative estimate of drug-likeness (QED) is 0.559. The Morgan fingerprint density at radius 1 is 0.947 bits per heavy atom. The van der Waals surface area contributed by atoms with Gasteiger partial charge in [0.15, 0.2) is 0 Å². The number of anilines is 1. The molecule has 0 saturated carbocycles. The lowest BCUT2D eigenvalue weighted by Gasteiger charge is -2.40. The Hall–Kier alpha value is -4.08. The minimum Gasteiger partial charge on any atom is -0.480 e. The number of likely N-dealkylation sites (tertiary alicyclic amines) is 2. The largest absolute Gasteiger partial charge is 0.480 e. The van der Waals surface area contributed by atoms with Gasteiger partial charge >= 0.3 is 18.0 Å². The number of urea groups is 2. The summed E-state index contributed by atoms with van der Waals surface area (Å²) in [6.45, 7) is 1.05. The summed E-state index contributed by atoms with van der Waals surface area (Å²) in [5.74, 6) is -1.46. The van der Waals surface area contributed by atoms with Crippen molar-refractivity contribution in [1.29, 1.82) is 0 Å². The Morgan fingerprint density at radius 3 is 2.39 bits per heavy atom. The molecule has 2 aromatic rings. The number of nitrogens with one attached hydrogen (secondary N) is 2. The van der Waals surface area contributed by atoms with E-state index in [1.54, 1.807) is 4.90 Å². The molecule has 10 nitrogen and oxygen atoms in total. The molecule has 0 spiro atoms. The number of carboxylic acids is 1. The molecule has 200 valence electrons. The molecule has 3 heterocycles. The molecular weight excluding hydrogens is 486 g/mol. The van der Waals surface area contributed by atoms with E-state index < -0.39 is 18.6 Å². The molecule has 0 unspecified atom stereocenters. The van der Waals surface area contributed by atoms with Crippen molar-refractivity contribution in [2.24, 2.45) is 0 Å². The van der Waals surface area contributed by atoms with Crippen molar-refractivity contribution >= 4 is 29.6 Å². The van der Waals surface area contributed by atoms with Gasteiger partial charge in [0.25, 0.3) is 0 Å². The van der Waals surface area contributed by atoms with E-state index >= 15 is 0 Å². The van der Waals surface area contributed by atoms with E-state index in [-0.39, 0.29) is 30.1 Å². The van der Waals surface area contributed by atoms with Crippen LogP contribution in [-0.2, 0) is 16.1 Å². The SMILES string of the molecule is O=C(O)CN1C(=O)[C@H](NC(=O)N2CCC(N3Cc4ccccc4NC3=O)CC2)CCC[C@@H]1c1ccccc1. The molecule has 2 saturated heterocycles. The first-order chi connectivity index (χ1) is 18.4. The number of fused-ring (bicyclic) bond motifs is 1. The molecule has 5 amide bonds. The number of carbonyl (C=O) groups is 4. The molecule has 0 aliphatic carbocycles. The van der Waals surface area contributed by atoms with Gasteiger partial charge in [-0.15, -0.1) is 0 Å². The zero-order chi connectivity index (χ0) is 26.6. The highest BCUT2D eigenvalue weighted by atomic mass is 16.4. The maximum Gasteiger partial charge on any atom is 0.323 e. The summed E-state index contributed by atoms with van der Waals surface area (Å²) in [6, 6.07) is 15.6. The zero-order valence-electron chi connectivity index (χ0n) is 21.2. The Morgan fingerprint density at radius 2 is 1.66 bits per heavy atom. The topological polar surface area (TPSA) is 122 Å². The first-order valence-electron chi connectivity index (χ1n) is 13.2. The average molecular weight is 520 g/mol. The normalized spacial score (nSPS) is 22.4. The number of carbonyl (C=O) groups excluding carboxylic acids is 3. The monoisotopic (exact) mass is 519 g/mol. The van der Waals surface area contributed by atoms with E-state index in [1.165, 1.54) is 4.90 Å². The van der Waals surface area contributed by atoms with Crippen LogP contribution < -0.4 is 10.6 Å². The van der Waals surface area contributed by atoms with Gasteiger partial charge in [-0.3, -0.25) is 9.59 Å². The Kier molecular flexibility index (Phi) is 7.48. The maximum atomic E-state index is 13.5. The van der Waals surface area contributed by atoms with Crippen molar-refractivity contribution in [3.05, 3.63) is 65.7 Å². The lowest BCUT2D eigenvalue weighted by atomic mass is 10.0. The predicted octanol–water partition coefficient (Wildman–Crippen LogP) is 3.42. The number of piperidine rings is 1. The lowest BCUT2D eigenvalue weighted by molar-refractivity contribution is -0.146. The number of amides is 5. The smallest absolute Gasteiger partial charge is 0.323 e. The molecule has 2 atom stereocenters. The number of carboxylic acid groups (broad SMARTS) is 1. The van der Waals surface area contributed by atoms with Crippen LogP contribution in [0, 0.1) is 0 Å². The van der Waals surface area contributed by atoms with Crippen molar-refractivity contribution in [2.45, 2.75) is 56.8 Å². The molecule has 3 aliphatic rings. The third kappa shape index (κ3) is 5.44. The molecule has 5 rings (SSSR count). The first-order valence-corrected chi connectivity index (χ1v) is 13.2. The standard InChI is InChI=1S/C28H33N5O5/c34-25(35)18-33-24(19-7-2-1-3-8-19)12-6-11-23(26(33)36)30-27(37)31-15-13-21(14-16-31)32-17-20-9-4-5-10-22(20)29-28(32)38/h1-5,7-10,21,23-24H,6,11-18H2,(H,29,38)(H,30,37)(H,34,35)/t23-,24-/m1/s1.